The predicted octanol–water partition coefficient (Wildman–Crippen LogP) is 0.512. The van der Waals surface area contributed by atoms with Crippen molar-refractivity contribution in [2.45, 2.75) is 36.1 Å². The molecule has 0 amide bonds. The molecule has 5 N–H and O–H groups in total. The molecule has 3 rings (SSSR count). The molecule has 2 heterocycles. The van der Waals surface area contributed by atoms with Crippen molar-refractivity contribution in [2.24, 2.45) is 16.5 Å². The number of sulfone groups is 1. The average molecular weight is 465 g/mol. The second kappa shape index (κ2) is 7.27. The van der Waals surface area contributed by atoms with Crippen LogP contribution in [-0.4, -0.2) is 46.0 Å². The van der Waals surface area contributed by atoms with Gasteiger partial charge >= 0.3 is 0 Å². The van der Waals surface area contributed by atoms with Gasteiger partial charge in [-0.15, -0.1) is 11.3 Å². The standard InChI is InChI=1S/C16H21ClN4O4S3/c1-27(22,23)20-8-3-2-5-11-9-12(17)13(26-11)16(19)10-28(24,25)15(6-4-7-15)14(18)21-16/h9,20H,3-4,6-8,10,19H2,1H3,(H2,18,21)/t16-/m0/s1. The number of hydrogen-bond donors (Lipinski definition) is 3. The molecule has 2 aliphatic rings. The summed E-state index contributed by atoms with van der Waals surface area (Å²) in [5.41, 5.74) is 10.8. The molecule has 0 aromatic carbocycles. The second-order valence-corrected chi connectivity index (χ2v) is 12.6. The quantitative estimate of drug-likeness (QED) is 0.437. The van der Waals surface area contributed by atoms with Crippen LogP contribution in [0.2, 0.25) is 5.02 Å². The predicted molar refractivity (Wildman–Crippen MR) is 112 cm³/mol. The number of thiophene rings is 1. The van der Waals surface area contributed by atoms with Gasteiger partial charge in [-0.1, -0.05) is 23.4 Å². The number of rotatable bonds is 4. The van der Waals surface area contributed by atoms with Crippen LogP contribution < -0.4 is 16.2 Å². The molecule has 0 saturated heterocycles. The molecule has 1 fully saturated rings. The fourth-order valence-corrected chi connectivity index (χ4v) is 7.62. The number of sulfonamides is 1. The molecule has 0 radical (unpaired) electrons. The first-order valence-electron chi connectivity index (χ1n) is 8.49. The fourth-order valence-electron chi connectivity index (χ4n) is 3.29. The zero-order chi connectivity index (χ0) is 20.8. The summed E-state index contributed by atoms with van der Waals surface area (Å²) < 4.78 is 49.0. The van der Waals surface area contributed by atoms with E-state index in [1.807, 2.05) is 0 Å². The minimum absolute atomic E-state index is 0.0523. The smallest absolute Gasteiger partial charge is 0.208 e. The Labute approximate surface area is 173 Å². The minimum atomic E-state index is -3.57. The summed E-state index contributed by atoms with van der Waals surface area (Å²) in [7, 11) is -6.83. The molecule has 1 aliphatic heterocycles. The van der Waals surface area contributed by atoms with Crippen LogP contribution in [0.4, 0.5) is 0 Å². The third kappa shape index (κ3) is 3.94. The number of nitrogens with zero attached hydrogens (tertiary/aromatic N) is 1. The van der Waals surface area contributed by atoms with E-state index in [2.05, 4.69) is 21.6 Å². The normalized spacial score (nSPS) is 25.5. The molecular weight excluding hydrogens is 444 g/mol. The molecule has 1 aliphatic carbocycles. The van der Waals surface area contributed by atoms with Gasteiger partial charge in [-0.05, 0) is 25.3 Å². The van der Waals surface area contributed by atoms with Gasteiger partial charge in [-0.3, -0.25) is 0 Å². The van der Waals surface area contributed by atoms with Gasteiger partial charge in [0.05, 0.1) is 26.8 Å². The lowest BCUT2D eigenvalue weighted by Crippen LogP contribution is -2.63. The Kier molecular flexibility index (Phi) is 5.59. The molecule has 0 bridgehead atoms. The number of halogens is 1. The van der Waals surface area contributed by atoms with Gasteiger partial charge < -0.3 is 11.5 Å². The molecule has 1 saturated carbocycles. The number of amidine groups is 1. The monoisotopic (exact) mass is 464 g/mol. The summed E-state index contributed by atoms with van der Waals surface area (Å²) >= 11 is 7.45. The molecule has 154 valence electrons. The van der Waals surface area contributed by atoms with Gasteiger partial charge in [-0.2, -0.15) is 0 Å². The van der Waals surface area contributed by atoms with Crippen molar-refractivity contribution in [3.05, 3.63) is 20.8 Å². The Balaban J connectivity index is 1.83. The van der Waals surface area contributed by atoms with Gasteiger partial charge in [0.2, 0.25) is 10.0 Å². The second-order valence-electron chi connectivity index (χ2n) is 7.03. The Bertz CT molecular complexity index is 1090. The molecule has 28 heavy (non-hydrogen) atoms. The largest absolute Gasteiger partial charge is 0.386 e. The Morgan fingerprint density at radius 1 is 1.43 bits per heavy atom. The third-order valence-corrected chi connectivity index (χ3v) is 9.84. The first kappa shape index (κ1) is 21.5. The van der Waals surface area contributed by atoms with Gasteiger partial charge in [0, 0.05) is 13.0 Å². The SMILES string of the molecule is CS(=O)(=O)NCCC#Cc1cc(Cl)c([C@]2(N)CS(=O)(=O)C3(CCC3)C(N)=N2)s1. The summed E-state index contributed by atoms with van der Waals surface area (Å²) in [4.78, 5) is 5.34. The van der Waals surface area contributed by atoms with Crippen LogP contribution in [0.5, 0.6) is 0 Å². The number of nitrogens with one attached hydrogen (secondary N) is 1. The highest BCUT2D eigenvalue weighted by Gasteiger charge is 2.58. The van der Waals surface area contributed by atoms with Crippen molar-refractivity contribution in [2.75, 3.05) is 18.6 Å². The topological polar surface area (TPSA) is 145 Å². The van der Waals surface area contributed by atoms with E-state index in [0.717, 1.165) is 24.0 Å². The van der Waals surface area contributed by atoms with E-state index >= 15 is 0 Å². The van der Waals surface area contributed by atoms with Gasteiger partial charge in [-0.25, -0.2) is 26.6 Å². The van der Waals surface area contributed by atoms with Gasteiger partial charge in [0.1, 0.15) is 10.6 Å². The summed E-state index contributed by atoms with van der Waals surface area (Å²) in [5.74, 6) is 5.42. The minimum Gasteiger partial charge on any atom is -0.386 e. The van der Waals surface area contributed by atoms with Crippen LogP contribution in [0.25, 0.3) is 0 Å². The number of aliphatic imine (C=N–C) groups is 1. The van der Waals surface area contributed by atoms with Crippen molar-refractivity contribution in [3.8, 4) is 11.8 Å². The molecular formula is C16H21ClN4O4S3. The maximum absolute atomic E-state index is 12.9. The van der Waals surface area contributed by atoms with Crippen molar-refractivity contribution < 1.29 is 16.8 Å². The van der Waals surface area contributed by atoms with Crippen LogP contribution >= 0.6 is 22.9 Å². The summed E-state index contributed by atoms with van der Waals surface area (Å²) in [6, 6.07) is 1.60. The van der Waals surface area contributed by atoms with Crippen molar-refractivity contribution in [3.63, 3.8) is 0 Å². The summed E-state index contributed by atoms with van der Waals surface area (Å²) in [5, 5.41) is 0.280. The molecule has 12 heteroatoms. The average Bonchev–Trinajstić information content (AvgIpc) is 2.84. The number of nitrogens with two attached hydrogens (primary N) is 2. The Morgan fingerprint density at radius 2 is 2.11 bits per heavy atom. The Morgan fingerprint density at radius 3 is 2.64 bits per heavy atom. The van der Waals surface area contributed by atoms with E-state index in [4.69, 9.17) is 23.1 Å². The molecule has 8 nitrogen and oxygen atoms in total. The molecule has 1 spiro atoms. The number of hydrogen-bond acceptors (Lipinski definition) is 8. The van der Waals surface area contributed by atoms with E-state index < -0.39 is 30.3 Å². The highest BCUT2D eigenvalue weighted by molar-refractivity contribution is 7.93. The maximum atomic E-state index is 12.9. The first-order chi connectivity index (χ1) is 12.9. The molecule has 1 aromatic heterocycles. The van der Waals surface area contributed by atoms with Crippen molar-refractivity contribution >= 4 is 48.6 Å². The van der Waals surface area contributed by atoms with Gasteiger partial charge in [0.25, 0.3) is 0 Å². The lowest BCUT2D eigenvalue weighted by Gasteiger charge is -2.46. The van der Waals surface area contributed by atoms with Gasteiger partial charge in [0.15, 0.2) is 15.5 Å². The highest BCUT2D eigenvalue weighted by Crippen LogP contribution is 2.47. The van der Waals surface area contributed by atoms with Crippen LogP contribution in [0.1, 0.15) is 35.4 Å². The molecule has 1 atom stereocenters. The van der Waals surface area contributed by atoms with Crippen molar-refractivity contribution in [1.29, 1.82) is 0 Å². The van der Waals surface area contributed by atoms with E-state index in [0.29, 0.717) is 29.0 Å². The van der Waals surface area contributed by atoms with E-state index in [-0.39, 0.29) is 23.2 Å². The van der Waals surface area contributed by atoms with Crippen LogP contribution in [0.3, 0.4) is 0 Å². The van der Waals surface area contributed by atoms with E-state index in [9.17, 15) is 16.8 Å². The lowest BCUT2D eigenvalue weighted by atomic mass is 9.83. The summed E-state index contributed by atoms with van der Waals surface area (Å²) in [6.07, 6.45) is 3.12. The van der Waals surface area contributed by atoms with E-state index in [1.165, 1.54) is 0 Å². The van der Waals surface area contributed by atoms with Crippen molar-refractivity contribution in [1.82, 2.24) is 4.72 Å². The van der Waals surface area contributed by atoms with Crippen LogP contribution in [0.15, 0.2) is 11.1 Å². The maximum Gasteiger partial charge on any atom is 0.208 e. The first-order valence-corrected chi connectivity index (χ1v) is 13.2. The zero-order valence-corrected chi connectivity index (χ0v) is 18.4. The third-order valence-electron chi connectivity index (χ3n) is 4.86. The fraction of sp³-hybridized carbons (Fsp3) is 0.562. The Hall–Kier alpha value is -1.16. The van der Waals surface area contributed by atoms with E-state index in [1.54, 1.807) is 6.07 Å². The van der Waals surface area contributed by atoms with Crippen LogP contribution in [0, 0.1) is 11.8 Å². The van der Waals surface area contributed by atoms with Crippen LogP contribution in [-0.2, 0) is 25.5 Å². The molecule has 0 unspecified atom stereocenters. The zero-order valence-electron chi connectivity index (χ0n) is 15.2. The highest BCUT2D eigenvalue weighted by atomic mass is 35.5. The molecule has 1 aromatic rings. The summed E-state index contributed by atoms with van der Waals surface area (Å²) in [6.45, 7) is 0.194. The lowest BCUT2D eigenvalue weighted by molar-refractivity contribution is 0.389.